The maximum Gasteiger partial charge on any atom is 0.253 e. The molecule has 7 heteroatoms. The Hall–Kier alpha value is -1.89. The van der Waals surface area contributed by atoms with Crippen LogP contribution in [0.4, 0.5) is 0 Å². The maximum absolute atomic E-state index is 12.8. The minimum atomic E-state index is -3.62. The molecule has 0 atom stereocenters. The standard InChI is InChI=1S/C19H21ClN2O3S/c1-15-5-2-6-16(13-15)19(23)21-9-4-10-22(12-11-21)26(24,25)18-8-3-7-17(20)14-18/h2-3,5-8,13-14H,4,9-12H2,1H3. The highest BCUT2D eigenvalue weighted by molar-refractivity contribution is 7.89. The van der Waals surface area contributed by atoms with Crippen LogP contribution in [0.25, 0.3) is 0 Å². The van der Waals surface area contributed by atoms with Crippen LogP contribution >= 0.6 is 11.6 Å². The molecule has 138 valence electrons. The summed E-state index contributed by atoms with van der Waals surface area (Å²) >= 11 is 5.93. The summed E-state index contributed by atoms with van der Waals surface area (Å²) < 4.78 is 27.1. The van der Waals surface area contributed by atoms with E-state index in [-0.39, 0.29) is 17.3 Å². The van der Waals surface area contributed by atoms with E-state index in [0.29, 0.717) is 36.6 Å². The van der Waals surface area contributed by atoms with Crippen molar-refractivity contribution in [1.29, 1.82) is 0 Å². The van der Waals surface area contributed by atoms with Crippen molar-refractivity contribution in [1.82, 2.24) is 9.21 Å². The molecule has 0 aliphatic carbocycles. The van der Waals surface area contributed by atoms with Crippen LogP contribution in [0.1, 0.15) is 22.3 Å². The molecule has 26 heavy (non-hydrogen) atoms. The summed E-state index contributed by atoms with van der Waals surface area (Å²) in [6, 6.07) is 13.7. The lowest BCUT2D eigenvalue weighted by molar-refractivity contribution is 0.0764. The largest absolute Gasteiger partial charge is 0.337 e. The second-order valence-corrected chi connectivity index (χ2v) is 8.75. The van der Waals surface area contributed by atoms with Crippen LogP contribution < -0.4 is 0 Å². The smallest absolute Gasteiger partial charge is 0.253 e. The Balaban J connectivity index is 1.75. The van der Waals surface area contributed by atoms with Gasteiger partial charge < -0.3 is 4.90 Å². The van der Waals surface area contributed by atoms with Gasteiger partial charge in [0.1, 0.15) is 0 Å². The zero-order valence-electron chi connectivity index (χ0n) is 14.6. The van der Waals surface area contributed by atoms with Crippen LogP contribution in [-0.4, -0.2) is 49.7 Å². The first kappa shape index (κ1) is 18.9. The number of sulfonamides is 1. The summed E-state index contributed by atoms with van der Waals surface area (Å²) in [5.41, 5.74) is 1.66. The fourth-order valence-electron chi connectivity index (χ4n) is 3.07. The highest BCUT2D eigenvalue weighted by Gasteiger charge is 2.28. The predicted octanol–water partition coefficient (Wildman–Crippen LogP) is 3.19. The van der Waals surface area contributed by atoms with Crippen molar-refractivity contribution in [2.45, 2.75) is 18.2 Å². The van der Waals surface area contributed by atoms with Crippen molar-refractivity contribution in [2.75, 3.05) is 26.2 Å². The maximum atomic E-state index is 12.8. The molecule has 0 bridgehead atoms. The van der Waals surface area contributed by atoms with Crippen LogP contribution in [0.2, 0.25) is 5.02 Å². The molecule has 0 saturated carbocycles. The summed E-state index contributed by atoms with van der Waals surface area (Å²) in [5, 5.41) is 0.386. The number of carbonyl (C=O) groups excluding carboxylic acids is 1. The van der Waals surface area contributed by atoms with Gasteiger partial charge in [-0.25, -0.2) is 8.42 Å². The molecule has 2 aromatic carbocycles. The molecule has 0 aromatic heterocycles. The Morgan fingerprint density at radius 3 is 2.50 bits per heavy atom. The molecule has 3 rings (SSSR count). The molecule has 1 aliphatic rings. The molecule has 1 saturated heterocycles. The van der Waals surface area contributed by atoms with Crippen molar-refractivity contribution >= 4 is 27.5 Å². The Morgan fingerprint density at radius 2 is 1.77 bits per heavy atom. The monoisotopic (exact) mass is 392 g/mol. The van der Waals surface area contributed by atoms with Gasteiger partial charge in [0.15, 0.2) is 0 Å². The second-order valence-electron chi connectivity index (χ2n) is 6.38. The van der Waals surface area contributed by atoms with E-state index in [1.165, 1.54) is 10.4 Å². The first-order valence-electron chi connectivity index (χ1n) is 8.49. The molecule has 0 N–H and O–H groups in total. The summed E-state index contributed by atoms with van der Waals surface area (Å²) in [7, 11) is -3.62. The lowest BCUT2D eigenvalue weighted by Gasteiger charge is -2.22. The van der Waals surface area contributed by atoms with Gasteiger partial charge in [0, 0.05) is 36.8 Å². The number of rotatable bonds is 3. The van der Waals surface area contributed by atoms with E-state index in [9.17, 15) is 13.2 Å². The average molecular weight is 393 g/mol. The quantitative estimate of drug-likeness (QED) is 0.806. The Kier molecular flexibility index (Phi) is 5.65. The number of hydrogen-bond acceptors (Lipinski definition) is 3. The van der Waals surface area contributed by atoms with E-state index in [4.69, 9.17) is 11.6 Å². The number of nitrogens with zero attached hydrogens (tertiary/aromatic N) is 2. The van der Waals surface area contributed by atoms with E-state index in [1.54, 1.807) is 29.2 Å². The second kappa shape index (κ2) is 7.78. The van der Waals surface area contributed by atoms with E-state index >= 15 is 0 Å². The van der Waals surface area contributed by atoms with Crippen LogP contribution in [0.3, 0.4) is 0 Å². The highest BCUT2D eigenvalue weighted by atomic mass is 35.5. The van der Waals surface area contributed by atoms with Gasteiger partial charge in [0.25, 0.3) is 5.91 Å². The molecule has 1 heterocycles. The molecule has 1 aliphatic heterocycles. The average Bonchev–Trinajstić information content (AvgIpc) is 2.88. The Morgan fingerprint density at radius 1 is 1.00 bits per heavy atom. The van der Waals surface area contributed by atoms with Gasteiger partial charge in [-0.15, -0.1) is 0 Å². The molecular formula is C19H21ClN2O3S. The third-order valence-corrected chi connectivity index (χ3v) is 6.57. The zero-order valence-corrected chi connectivity index (χ0v) is 16.1. The number of halogens is 1. The first-order valence-corrected chi connectivity index (χ1v) is 10.3. The molecular weight excluding hydrogens is 372 g/mol. The van der Waals surface area contributed by atoms with Gasteiger partial charge in [-0.2, -0.15) is 4.31 Å². The topological polar surface area (TPSA) is 57.7 Å². The molecule has 1 amide bonds. The minimum absolute atomic E-state index is 0.0595. The molecule has 1 fully saturated rings. The predicted molar refractivity (Wildman–Crippen MR) is 102 cm³/mol. The van der Waals surface area contributed by atoms with Gasteiger partial charge >= 0.3 is 0 Å². The lowest BCUT2D eigenvalue weighted by Crippen LogP contribution is -2.37. The molecule has 0 unspecified atom stereocenters. The van der Waals surface area contributed by atoms with Crippen LogP contribution in [0.15, 0.2) is 53.4 Å². The number of aryl methyl sites for hydroxylation is 1. The van der Waals surface area contributed by atoms with Crippen molar-refractivity contribution < 1.29 is 13.2 Å². The molecule has 2 aromatic rings. The van der Waals surface area contributed by atoms with Gasteiger partial charge in [0.2, 0.25) is 10.0 Å². The Labute approximate surface area is 159 Å². The number of amides is 1. The van der Waals surface area contributed by atoms with Crippen LogP contribution in [0.5, 0.6) is 0 Å². The summed E-state index contributed by atoms with van der Waals surface area (Å²) in [4.78, 5) is 14.6. The van der Waals surface area contributed by atoms with Crippen molar-refractivity contribution in [2.24, 2.45) is 0 Å². The van der Waals surface area contributed by atoms with Gasteiger partial charge in [-0.1, -0.05) is 35.4 Å². The van der Waals surface area contributed by atoms with Gasteiger partial charge in [-0.05, 0) is 43.7 Å². The number of hydrogen-bond donors (Lipinski definition) is 0. The summed E-state index contributed by atoms with van der Waals surface area (Å²) in [6.45, 7) is 3.50. The third kappa shape index (κ3) is 4.09. The van der Waals surface area contributed by atoms with Gasteiger partial charge in [-0.3, -0.25) is 4.79 Å². The van der Waals surface area contributed by atoms with Crippen LogP contribution in [-0.2, 0) is 10.0 Å². The first-order chi connectivity index (χ1) is 12.4. The van der Waals surface area contributed by atoms with Crippen LogP contribution in [0, 0.1) is 6.92 Å². The highest BCUT2D eigenvalue weighted by Crippen LogP contribution is 2.21. The fraction of sp³-hybridized carbons (Fsp3) is 0.316. The van der Waals surface area contributed by atoms with Gasteiger partial charge in [0.05, 0.1) is 4.90 Å². The summed E-state index contributed by atoms with van der Waals surface area (Å²) in [5.74, 6) is -0.0595. The number of benzene rings is 2. The van der Waals surface area contributed by atoms with E-state index in [0.717, 1.165) is 5.56 Å². The fourth-order valence-corrected chi connectivity index (χ4v) is 4.85. The lowest BCUT2D eigenvalue weighted by atomic mass is 10.1. The number of carbonyl (C=O) groups is 1. The molecule has 0 spiro atoms. The van der Waals surface area contributed by atoms with Crippen molar-refractivity contribution in [3.05, 3.63) is 64.7 Å². The molecule has 0 radical (unpaired) electrons. The Bertz CT molecular complexity index is 915. The summed E-state index contributed by atoms with van der Waals surface area (Å²) in [6.07, 6.45) is 0.595. The molecule has 5 nitrogen and oxygen atoms in total. The zero-order chi connectivity index (χ0) is 18.7. The normalized spacial score (nSPS) is 16.3. The third-order valence-electron chi connectivity index (χ3n) is 4.44. The SMILES string of the molecule is Cc1cccc(C(=O)N2CCCN(S(=O)(=O)c3cccc(Cl)c3)CC2)c1. The van der Waals surface area contributed by atoms with E-state index in [1.807, 2.05) is 25.1 Å². The van der Waals surface area contributed by atoms with E-state index < -0.39 is 10.0 Å². The van der Waals surface area contributed by atoms with E-state index in [2.05, 4.69) is 0 Å². The minimum Gasteiger partial charge on any atom is -0.337 e. The van der Waals surface area contributed by atoms with Crippen molar-refractivity contribution in [3.8, 4) is 0 Å². The van der Waals surface area contributed by atoms with Crippen molar-refractivity contribution in [3.63, 3.8) is 0 Å².